The molecule has 248 valence electrons. The van der Waals surface area contributed by atoms with E-state index in [9.17, 15) is 0 Å². The summed E-state index contributed by atoms with van der Waals surface area (Å²) in [5, 5.41) is 10.9. The minimum absolute atomic E-state index is 0.0600. The Balaban J connectivity index is 1.09. The minimum atomic E-state index is -0.0600. The highest BCUT2D eigenvalue weighted by Crippen LogP contribution is 2.59. The van der Waals surface area contributed by atoms with E-state index >= 15 is 0 Å². The Morgan fingerprint density at radius 1 is 0.577 bits per heavy atom. The molecule has 3 aliphatic rings. The summed E-state index contributed by atoms with van der Waals surface area (Å²) in [5.74, 6) is 0.341. The van der Waals surface area contributed by atoms with Crippen LogP contribution in [0.2, 0.25) is 0 Å². The Morgan fingerprint density at radius 3 is 1.85 bits per heavy atom. The van der Waals surface area contributed by atoms with Crippen molar-refractivity contribution in [3.05, 3.63) is 180 Å². The predicted octanol–water partition coefficient (Wildman–Crippen LogP) is 14.6. The number of thiophene rings is 1. The van der Waals surface area contributed by atoms with Crippen LogP contribution >= 0.6 is 11.3 Å². The molecule has 11 rings (SSSR count). The van der Waals surface area contributed by atoms with Gasteiger partial charge in [-0.2, -0.15) is 0 Å². The van der Waals surface area contributed by atoms with Crippen molar-refractivity contribution in [2.75, 3.05) is 0 Å². The van der Waals surface area contributed by atoms with Crippen molar-refractivity contribution in [2.24, 2.45) is 5.92 Å². The molecule has 0 fully saturated rings. The second-order valence-electron chi connectivity index (χ2n) is 15.4. The molecule has 1 unspecified atom stereocenters. The molecule has 0 spiro atoms. The Morgan fingerprint density at radius 2 is 1.15 bits per heavy atom. The molecular weight excluding hydrogens is 645 g/mol. The van der Waals surface area contributed by atoms with Crippen molar-refractivity contribution in [3.63, 3.8) is 0 Å². The monoisotopic (exact) mass is 682 g/mol. The Labute approximate surface area is 308 Å². The molecular formula is C51H38S. The largest absolute Gasteiger partial charge is 0.135 e. The lowest BCUT2D eigenvalue weighted by Crippen LogP contribution is -2.17. The van der Waals surface area contributed by atoms with E-state index in [0.717, 1.165) is 19.3 Å². The molecule has 7 aromatic carbocycles. The van der Waals surface area contributed by atoms with Gasteiger partial charge < -0.3 is 0 Å². The van der Waals surface area contributed by atoms with E-state index in [0.29, 0.717) is 5.92 Å². The lowest BCUT2D eigenvalue weighted by atomic mass is 9.76. The van der Waals surface area contributed by atoms with Gasteiger partial charge in [0.15, 0.2) is 0 Å². The summed E-state index contributed by atoms with van der Waals surface area (Å²) in [4.78, 5) is 0. The standard InChI is InChI=1S/C51H38S/c1-51(2)43-28-27-33(30-42(43)47-39-23-10-11-24-40(39)48-41-25-12-13-26-44(41)52-50(48)49(47)51)32-17-14-18-34(29-32)46-37-21-8-6-19-35(37)45(31-15-4-3-5-16-31)36-20-7-9-22-38(36)46/h3-13,15-17,19-26,28-30,33H,14,18,27H2,1-2H3. The van der Waals surface area contributed by atoms with Gasteiger partial charge in [-0.25, -0.2) is 0 Å². The van der Waals surface area contributed by atoms with Crippen LogP contribution in [0.25, 0.3) is 74.8 Å². The van der Waals surface area contributed by atoms with Gasteiger partial charge in [0.2, 0.25) is 0 Å². The average Bonchev–Trinajstić information content (AvgIpc) is 3.69. The normalized spacial score (nSPS) is 18.0. The number of hydrogen-bond donors (Lipinski definition) is 0. The molecule has 1 heteroatoms. The summed E-state index contributed by atoms with van der Waals surface area (Å²) in [7, 11) is 0. The van der Waals surface area contributed by atoms with Gasteiger partial charge in [0, 0.05) is 31.5 Å². The second kappa shape index (κ2) is 11.2. The number of allylic oxidation sites excluding steroid dienone is 8. The van der Waals surface area contributed by atoms with Gasteiger partial charge in [-0.05, 0) is 108 Å². The molecule has 0 aliphatic heterocycles. The van der Waals surface area contributed by atoms with Crippen LogP contribution in [0.1, 0.15) is 49.8 Å². The van der Waals surface area contributed by atoms with E-state index in [2.05, 4.69) is 166 Å². The zero-order valence-electron chi connectivity index (χ0n) is 29.5. The van der Waals surface area contributed by atoms with Crippen LogP contribution in [0.3, 0.4) is 0 Å². The summed E-state index contributed by atoms with van der Waals surface area (Å²) in [6, 6.07) is 47.3. The fourth-order valence-corrected chi connectivity index (χ4v) is 11.4. The zero-order valence-corrected chi connectivity index (χ0v) is 30.4. The number of benzene rings is 7. The maximum absolute atomic E-state index is 2.65. The van der Waals surface area contributed by atoms with E-state index < -0.39 is 0 Å². The molecule has 0 radical (unpaired) electrons. The molecule has 8 aromatic rings. The molecule has 0 saturated heterocycles. The van der Waals surface area contributed by atoms with Gasteiger partial charge in [0.1, 0.15) is 0 Å². The number of fused-ring (bicyclic) bond motifs is 12. The topological polar surface area (TPSA) is 0 Å². The predicted molar refractivity (Wildman–Crippen MR) is 226 cm³/mol. The molecule has 52 heavy (non-hydrogen) atoms. The van der Waals surface area contributed by atoms with E-state index in [4.69, 9.17) is 0 Å². The summed E-state index contributed by atoms with van der Waals surface area (Å²) >= 11 is 1.98. The maximum Gasteiger partial charge on any atom is 0.0408 e. The number of rotatable bonds is 3. The average molecular weight is 683 g/mol. The summed E-state index contributed by atoms with van der Waals surface area (Å²) in [6.07, 6.45) is 13.5. The van der Waals surface area contributed by atoms with Gasteiger partial charge in [-0.15, -0.1) is 11.3 Å². The van der Waals surface area contributed by atoms with Crippen LogP contribution < -0.4 is 0 Å². The lowest BCUT2D eigenvalue weighted by molar-refractivity contribution is 0.651. The third-order valence-corrected chi connectivity index (χ3v) is 13.4. The summed E-state index contributed by atoms with van der Waals surface area (Å²) < 4.78 is 2.84. The lowest BCUT2D eigenvalue weighted by Gasteiger charge is -2.28. The zero-order chi connectivity index (χ0) is 34.6. The first-order valence-electron chi connectivity index (χ1n) is 18.8. The molecule has 1 aromatic heterocycles. The van der Waals surface area contributed by atoms with Crippen molar-refractivity contribution in [1.29, 1.82) is 0 Å². The van der Waals surface area contributed by atoms with Gasteiger partial charge in [0.25, 0.3) is 0 Å². The third-order valence-electron chi connectivity index (χ3n) is 12.2. The van der Waals surface area contributed by atoms with E-state index in [1.54, 1.807) is 0 Å². The summed E-state index contributed by atoms with van der Waals surface area (Å²) in [6.45, 7) is 4.93. The molecule has 0 saturated carbocycles. The Bertz CT molecular complexity index is 2880. The highest BCUT2D eigenvalue weighted by Gasteiger charge is 2.43. The van der Waals surface area contributed by atoms with Gasteiger partial charge in [0.05, 0.1) is 0 Å². The van der Waals surface area contributed by atoms with Crippen LogP contribution in [-0.2, 0) is 5.41 Å². The van der Waals surface area contributed by atoms with Crippen LogP contribution in [0.15, 0.2) is 163 Å². The Kier molecular flexibility index (Phi) is 6.52. The van der Waals surface area contributed by atoms with Crippen molar-refractivity contribution in [3.8, 4) is 11.1 Å². The smallest absolute Gasteiger partial charge is 0.0408 e. The fourth-order valence-electron chi connectivity index (χ4n) is 10.00. The second-order valence-corrected chi connectivity index (χ2v) is 16.4. The third kappa shape index (κ3) is 4.21. The first kappa shape index (κ1) is 30.2. The molecule has 0 nitrogen and oxygen atoms in total. The molecule has 1 atom stereocenters. The van der Waals surface area contributed by atoms with Crippen LogP contribution in [0, 0.1) is 5.92 Å². The molecule has 0 amide bonds. The van der Waals surface area contributed by atoms with Gasteiger partial charge in [-0.3, -0.25) is 0 Å². The van der Waals surface area contributed by atoms with Crippen LogP contribution in [0.4, 0.5) is 0 Å². The van der Waals surface area contributed by atoms with E-state index in [1.165, 1.54) is 103 Å². The molecule has 0 N–H and O–H groups in total. The summed E-state index contributed by atoms with van der Waals surface area (Å²) in [5.41, 5.74) is 12.8. The SMILES string of the molecule is CC1(C)C2=CCC(C3=CCCC(c4c5ccccc5c(-c5ccccc5)c5ccccc45)=C3)C=C2c2c1c1sc3ccccc3c1c1ccccc21. The van der Waals surface area contributed by atoms with Crippen molar-refractivity contribution in [1.82, 2.24) is 0 Å². The first-order chi connectivity index (χ1) is 25.6. The quantitative estimate of drug-likeness (QED) is 0.163. The molecule has 1 heterocycles. The van der Waals surface area contributed by atoms with E-state index in [-0.39, 0.29) is 5.41 Å². The minimum Gasteiger partial charge on any atom is -0.135 e. The Hall–Kier alpha value is -5.50. The molecule has 0 bridgehead atoms. The van der Waals surface area contributed by atoms with Crippen molar-refractivity contribution >= 4 is 75.0 Å². The van der Waals surface area contributed by atoms with Crippen LogP contribution in [-0.4, -0.2) is 0 Å². The van der Waals surface area contributed by atoms with Gasteiger partial charge in [-0.1, -0.05) is 159 Å². The van der Waals surface area contributed by atoms with Crippen molar-refractivity contribution < 1.29 is 0 Å². The van der Waals surface area contributed by atoms with E-state index in [1.807, 2.05) is 11.3 Å². The first-order valence-corrected chi connectivity index (χ1v) is 19.6. The highest BCUT2D eigenvalue weighted by molar-refractivity contribution is 7.26. The number of hydrogen-bond acceptors (Lipinski definition) is 1. The van der Waals surface area contributed by atoms with Crippen molar-refractivity contribution in [2.45, 2.75) is 38.5 Å². The van der Waals surface area contributed by atoms with Crippen LogP contribution in [0.5, 0.6) is 0 Å². The maximum atomic E-state index is 2.65. The fraction of sp³-hybridized carbons (Fsp3) is 0.137. The van der Waals surface area contributed by atoms with Gasteiger partial charge >= 0.3 is 0 Å². The highest BCUT2D eigenvalue weighted by atomic mass is 32.1. The molecule has 3 aliphatic carbocycles.